The SMILES string of the molecule is COCCN1CCN(c2ccc3c(c2)OC(O)C(c2cc4cc(C)nc(C)c4o2)=C3)CC1. The number of methoxy groups -OCH3 is 1. The van der Waals surface area contributed by atoms with Crippen LogP contribution in [-0.4, -0.2) is 67.7 Å². The Morgan fingerprint density at radius 2 is 1.94 bits per heavy atom. The molecular formula is C25H29N3O4. The largest absolute Gasteiger partial charge is 0.460 e. The number of hydrogen-bond acceptors (Lipinski definition) is 7. The van der Waals surface area contributed by atoms with Crippen molar-refractivity contribution in [2.24, 2.45) is 0 Å². The zero-order valence-corrected chi connectivity index (χ0v) is 18.8. The number of fused-ring (bicyclic) bond motifs is 2. The highest BCUT2D eigenvalue weighted by Gasteiger charge is 2.26. The van der Waals surface area contributed by atoms with Gasteiger partial charge < -0.3 is 23.9 Å². The first-order chi connectivity index (χ1) is 15.5. The Morgan fingerprint density at radius 3 is 2.72 bits per heavy atom. The van der Waals surface area contributed by atoms with Gasteiger partial charge >= 0.3 is 0 Å². The lowest BCUT2D eigenvalue weighted by Crippen LogP contribution is -2.47. The first-order valence-corrected chi connectivity index (χ1v) is 11.1. The number of aliphatic hydroxyl groups excluding tert-OH is 1. The van der Waals surface area contributed by atoms with E-state index >= 15 is 0 Å². The monoisotopic (exact) mass is 435 g/mol. The molecule has 5 rings (SSSR count). The summed E-state index contributed by atoms with van der Waals surface area (Å²) in [5.41, 5.74) is 5.17. The third kappa shape index (κ3) is 3.99. The average Bonchev–Trinajstić information content (AvgIpc) is 3.21. The second-order valence-electron chi connectivity index (χ2n) is 8.49. The summed E-state index contributed by atoms with van der Waals surface area (Å²) in [4.78, 5) is 9.24. The average molecular weight is 436 g/mol. The Morgan fingerprint density at radius 1 is 1.12 bits per heavy atom. The number of benzene rings is 1. The number of ether oxygens (including phenoxy) is 2. The van der Waals surface area contributed by atoms with E-state index in [-0.39, 0.29) is 0 Å². The fraction of sp³-hybridized carbons (Fsp3) is 0.400. The number of nitrogens with zero attached hydrogens (tertiary/aromatic N) is 3. The molecule has 7 heteroatoms. The van der Waals surface area contributed by atoms with Gasteiger partial charge in [0.25, 0.3) is 0 Å². The summed E-state index contributed by atoms with van der Waals surface area (Å²) in [6, 6.07) is 10.1. The van der Waals surface area contributed by atoms with E-state index in [9.17, 15) is 5.11 Å². The van der Waals surface area contributed by atoms with Crippen molar-refractivity contribution in [2.75, 3.05) is 51.3 Å². The van der Waals surface area contributed by atoms with Crippen molar-refractivity contribution >= 4 is 28.3 Å². The Kier molecular flexibility index (Phi) is 5.63. The van der Waals surface area contributed by atoms with Crippen LogP contribution in [0.3, 0.4) is 0 Å². The van der Waals surface area contributed by atoms with Crippen LogP contribution in [0, 0.1) is 13.8 Å². The first-order valence-electron chi connectivity index (χ1n) is 11.1. The Hall–Kier alpha value is -2.87. The normalized spacial score (nSPS) is 19.1. The molecule has 2 aliphatic heterocycles. The highest BCUT2D eigenvalue weighted by Crippen LogP contribution is 2.38. The zero-order chi connectivity index (χ0) is 22.2. The summed E-state index contributed by atoms with van der Waals surface area (Å²) in [7, 11) is 1.74. The van der Waals surface area contributed by atoms with E-state index in [1.165, 1.54) is 0 Å². The lowest BCUT2D eigenvalue weighted by atomic mass is 10.0. The van der Waals surface area contributed by atoms with E-state index in [1.807, 2.05) is 44.2 Å². The number of anilines is 1. The molecular weight excluding hydrogens is 406 g/mol. The van der Waals surface area contributed by atoms with E-state index in [0.29, 0.717) is 17.1 Å². The fourth-order valence-electron chi connectivity index (χ4n) is 4.52. The molecule has 1 fully saturated rings. The molecule has 2 aromatic heterocycles. The van der Waals surface area contributed by atoms with Crippen LogP contribution in [-0.2, 0) is 4.74 Å². The van der Waals surface area contributed by atoms with Gasteiger partial charge in [0, 0.05) is 68.2 Å². The van der Waals surface area contributed by atoms with Crippen LogP contribution in [0.15, 0.2) is 34.7 Å². The third-order valence-corrected chi connectivity index (χ3v) is 6.24. The van der Waals surface area contributed by atoms with E-state index in [0.717, 1.165) is 72.9 Å². The smallest absolute Gasteiger partial charge is 0.227 e. The van der Waals surface area contributed by atoms with Crippen LogP contribution in [0.2, 0.25) is 0 Å². The first kappa shape index (κ1) is 21.0. The highest BCUT2D eigenvalue weighted by atomic mass is 16.6. The molecule has 0 saturated carbocycles. The molecule has 4 heterocycles. The van der Waals surface area contributed by atoms with Gasteiger partial charge in [0.1, 0.15) is 11.5 Å². The number of aromatic nitrogens is 1. The molecule has 0 bridgehead atoms. The number of pyridine rings is 1. The topological polar surface area (TPSA) is 71.2 Å². The lowest BCUT2D eigenvalue weighted by Gasteiger charge is -2.36. The predicted molar refractivity (Wildman–Crippen MR) is 125 cm³/mol. The summed E-state index contributed by atoms with van der Waals surface area (Å²) in [6.07, 6.45) is 0.863. The van der Waals surface area contributed by atoms with Gasteiger partial charge in [-0.2, -0.15) is 0 Å². The van der Waals surface area contributed by atoms with Crippen molar-refractivity contribution in [3.63, 3.8) is 0 Å². The summed E-state index contributed by atoms with van der Waals surface area (Å²) in [6.45, 7) is 9.55. The van der Waals surface area contributed by atoms with Gasteiger partial charge in [-0.05, 0) is 44.2 Å². The van der Waals surface area contributed by atoms with Crippen molar-refractivity contribution in [1.82, 2.24) is 9.88 Å². The quantitative estimate of drug-likeness (QED) is 0.658. The zero-order valence-electron chi connectivity index (χ0n) is 18.8. The van der Waals surface area contributed by atoms with E-state index < -0.39 is 6.29 Å². The number of piperazine rings is 1. The maximum absolute atomic E-state index is 10.7. The van der Waals surface area contributed by atoms with Crippen LogP contribution in [0.25, 0.3) is 22.6 Å². The standard InChI is InChI=1S/C25H29N3O4/c1-16-12-19-14-23(31-24(19)17(2)26-16)21-13-18-4-5-20(15-22(18)32-25(21)29)28-8-6-27(7-9-28)10-11-30-3/h4-5,12-15,25,29H,6-11H2,1-3H3. The van der Waals surface area contributed by atoms with Crippen LogP contribution in [0.4, 0.5) is 5.69 Å². The summed E-state index contributed by atoms with van der Waals surface area (Å²) >= 11 is 0. The molecule has 1 saturated heterocycles. The van der Waals surface area contributed by atoms with Crippen LogP contribution < -0.4 is 9.64 Å². The van der Waals surface area contributed by atoms with Crippen molar-refractivity contribution < 1.29 is 19.0 Å². The molecule has 3 aromatic rings. The fourth-order valence-corrected chi connectivity index (χ4v) is 4.52. The maximum Gasteiger partial charge on any atom is 0.227 e. The van der Waals surface area contributed by atoms with Gasteiger partial charge in [0.05, 0.1) is 17.9 Å². The van der Waals surface area contributed by atoms with Crippen molar-refractivity contribution in [1.29, 1.82) is 0 Å². The second kappa shape index (κ2) is 8.58. The van der Waals surface area contributed by atoms with Gasteiger partial charge in [-0.25, -0.2) is 0 Å². The Bertz CT molecular complexity index is 1160. The molecule has 1 aromatic carbocycles. The van der Waals surface area contributed by atoms with Crippen molar-refractivity contribution in [2.45, 2.75) is 20.1 Å². The predicted octanol–water partition coefficient (Wildman–Crippen LogP) is 3.46. The minimum absolute atomic E-state index is 0.602. The molecule has 1 atom stereocenters. The van der Waals surface area contributed by atoms with E-state index in [1.54, 1.807) is 7.11 Å². The van der Waals surface area contributed by atoms with E-state index in [2.05, 4.69) is 20.9 Å². The van der Waals surface area contributed by atoms with Gasteiger partial charge in [-0.1, -0.05) is 0 Å². The van der Waals surface area contributed by atoms with Gasteiger partial charge in [0.15, 0.2) is 5.58 Å². The molecule has 1 unspecified atom stereocenters. The molecule has 32 heavy (non-hydrogen) atoms. The van der Waals surface area contributed by atoms with Gasteiger partial charge in [0.2, 0.25) is 6.29 Å². The number of hydrogen-bond donors (Lipinski definition) is 1. The van der Waals surface area contributed by atoms with Crippen LogP contribution in [0.5, 0.6) is 5.75 Å². The number of rotatable bonds is 5. The number of aliphatic hydroxyl groups is 1. The molecule has 2 aliphatic rings. The molecule has 1 N–H and O–H groups in total. The second-order valence-corrected chi connectivity index (χ2v) is 8.49. The van der Waals surface area contributed by atoms with Crippen molar-refractivity contribution in [3.8, 4) is 5.75 Å². The van der Waals surface area contributed by atoms with Crippen LogP contribution >= 0.6 is 0 Å². The molecule has 0 radical (unpaired) electrons. The minimum atomic E-state index is -1.08. The molecule has 0 spiro atoms. The van der Waals surface area contributed by atoms with E-state index in [4.69, 9.17) is 13.9 Å². The molecule has 168 valence electrons. The van der Waals surface area contributed by atoms with Crippen molar-refractivity contribution in [3.05, 3.63) is 53.0 Å². The minimum Gasteiger partial charge on any atom is -0.460 e. The number of furan rings is 1. The summed E-state index contributed by atoms with van der Waals surface area (Å²) in [5.74, 6) is 1.29. The molecule has 0 aliphatic carbocycles. The number of aryl methyl sites for hydroxylation is 2. The van der Waals surface area contributed by atoms with Crippen LogP contribution in [0.1, 0.15) is 22.7 Å². The molecule has 7 nitrogen and oxygen atoms in total. The highest BCUT2D eigenvalue weighted by molar-refractivity contribution is 5.90. The Balaban J connectivity index is 1.38. The third-order valence-electron chi connectivity index (χ3n) is 6.24. The van der Waals surface area contributed by atoms with Gasteiger partial charge in [-0.15, -0.1) is 0 Å². The van der Waals surface area contributed by atoms with Gasteiger partial charge in [-0.3, -0.25) is 9.88 Å². The molecule has 0 amide bonds. The summed E-state index contributed by atoms with van der Waals surface area (Å²) in [5, 5.41) is 11.7. The maximum atomic E-state index is 10.7. The lowest BCUT2D eigenvalue weighted by molar-refractivity contribution is 0.0309. The summed E-state index contributed by atoms with van der Waals surface area (Å²) < 4.78 is 17.1. The Labute approximate surface area is 187 Å².